The maximum absolute atomic E-state index is 13.6. The molecule has 4 rings (SSSR count). The van der Waals surface area contributed by atoms with E-state index in [4.69, 9.17) is 0 Å². The quantitative estimate of drug-likeness (QED) is 0.755. The summed E-state index contributed by atoms with van der Waals surface area (Å²) in [5.74, 6) is 0.712. The molecule has 3 aliphatic rings. The second kappa shape index (κ2) is 7.50. The number of nitrogens with zero attached hydrogens (tertiary/aromatic N) is 1. The average molecular weight is 448 g/mol. The number of carbonyl (C=O) groups excluding carboxylic acids is 1. The molecule has 2 fully saturated rings. The Bertz CT molecular complexity index is 983. The molecule has 1 saturated carbocycles. The summed E-state index contributed by atoms with van der Waals surface area (Å²) >= 11 is 0. The normalized spacial score (nSPS) is 32.2. The first-order valence-corrected chi connectivity index (χ1v) is 13.4. The van der Waals surface area contributed by atoms with Gasteiger partial charge in [-0.25, -0.2) is 8.42 Å². The lowest BCUT2D eigenvalue weighted by molar-refractivity contribution is -0.148. The van der Waals surface area contributed by atoms with E-state index in [2.05, 4.69) is 31.7 Å². The number of fused-ring (bicyclic) bond motifs is 4. The number of hydrogen-bond acceptors (Lipinski definition) is 4. The van der Waals surface area contributed by atoms with Crippen molar-refractivity contribution in [1.82, 2.24) is 4.90 Å². The highest BCUT2D eigenvalue weighted by Gasteiger charge is 2.57. The average Bonchev–Trinajstić information content (AvgIpc) is 3.12. The molecule has 31 heavy (non-hydrogen) atoms. The van der Waals surface area contributed by atoms with Gasteiger partial charge in [-0.1, -0.05) is 32.9 Å². The number of hydrogen-bond donors (Lipinski definition) is 1. The zero-order valence-corrected chi connectivity index (χ0v) is 20.3. The smallest absolute Gasteiger partial charge is 0.225 e. The van der Waals surface area contributed by atoms with Crippen molar-refractivity contribution in [3.05, 3.63) is 29.3 Å². The molecule has 2 aliphatic carbocycles. The van der Waals surface area contributed by atoms with Gasteiger partial charge < -0.3 is 10.0 Å². The highest BCUT2D eigenvalue weighted by molar-refractivity contribution is 7.91. The third-order valence-electron chi connectivity index (χ3n) is 8.99. The molecule has 5 nitrogen and oxygen atoms in total. The largest absolute Gasteiger partial charge is 0.508 e. The van der Waals surface area contributed by atoms with Gasteiger partial charge in [0, 0.05) is 23.9 Å². The van der Waals surface area contributed by atoms with Gasteiger partial charge in [0.05, 0.1) is 11.0 Å². The van der Waals surface area contributed by atoms with E-state index >= 15 is 0 Å². The van der Waals surface area contributed by atoms with Crippen LogP contribution in [0.25, 0.3) is 0 Å². The molecule has 1 aromatic rings. The van der Waals surface area contributed by atoms with Crippen molar-refractivity contribution in [2.24, 2.45) is 17.3 Å². The molecule has 0 aromatic heterocycles. The Balaban J connectivity index is 1.56. The first-order chi connectivity index (χ1) is 14.4. The van der Waals surface area contributed by atoms with Crippen LogP contribution in [0.15, 0.2) is 18.2 Å². The number of phenolic OH excluding ortho intramolecular Hbond substituents is 1. The Morgan fingerprint density at radius 3 is 2.61 bits per heavy atom. The van der Waals surface area contributed by atoms with Crippen molar-refractivity contribution in [3.8, 4) is 5.75 Å². The highest BCUT2D eigenvalue weighted by Crippen LogP contribution is 2.57. The van der Waals surface area contributed by atoms with Gasteiger partial charge in [0.25, 0.3) is 0 Å². The van der Waals surface area contributed by atoms with Crippen molar-refractivity contribution < 1.29 is 18.3 Å². The van der Waals surface area contributed by atoms with Gasteiger partial charge in [0.15, 0.2) is 9.84 Å². The van der Waals surface area contributed by atoms with Crippen LogP contribution in [0.2, 0.25) is 0 Å². The number of carbonyl (C=O) groups is 1. The second-order valence-corrected chi connectivity index (χ2v) is 13.7. The number of phenols is 1. The predicted molar refractivity (Wildman–Crippen MR) is 123 cm³/mol. The van der Waals surface area contributed by atoms with Gasteiger partial charge in [0.1, 0.15) is 5.75 Å². The van der Waals surface area contributed by atoms with E-state index in [0.717, 1.165) is 31.4 Å². The summed E-state index contributed by atoms with van der Waals surface area (Å²) in [7, 11) is -3.09. The summed E-state index contributed by atoms with van der Waals surface area (Å²) in [4.78, 5) is 15.7. The van der Waals surface area contributed by atoms with Crippen molar-refractivity contribution in [2.75, 3.05) is 12.3 Å². The predicted octanol–water partition coefficient (Wildman–Crippen LogP) is 4.07. The van der Waals surface area contributed by atoms with Crippen molar-refractivity contribution >= 4 is 15.7 Å². The first kappa shape index (κ1) is 22.6. The molecule has 1 unspecified atom stereocenters. The molecule has 1 saturated heterocycles. The van der Waals surface area contributed by atoms with E-state index in [1.807, 2.05) is 6.07 Å². The fraction of sp³-hybridized carbons (Fsp3) is 0.720. The van der Waals surface area contributed by atoms with Gasteiger partial charge in [0.2, 0.25) is 5.91 Å². The van der Waals surface area contributed by atoms with E-state index in [9.17, 15) is 18.3 Å². The van der Waals surface area contributed by atoms with Crippen LogP contribution in [0.4, 0.5) is 0 Å². The molecule has 0 spiro atoms. The number of sulfone groups is 1. The van der Waals surface area contributed by atoms with Crippen molar-refractivity contribution in [1.29, 1.82) is 0 Å². The van der Waals surface area contributed by atoms with E-state index in [-0.39, 0.29) is 45.6 Å². The van der Waals surface area contributed by atoms with Gasteiger partial charge in [-0.2, -0.15) is 0 Å². The minimum Gasteiger partial charge on any atom is -0.508 e. The van der Waals surface area contributed by atoms with Crippen LogP contribution in [0.3, 0.4) is 0 Å². The molecule has 1 aromatic carbocycles. The lowest BCUT2D eigenvalue weighted by Crippen LogP contribution is -2.65. The Labute approximate surface area is 187 Å². The van der Waals surface area contributed by atoms with Crippen LogP contribution < -0.4 is 0 Å². The molecule has 1 amide bonds. The van der Waals surface area contributed by atoms with E-state index < -0.39 is 9.84 Å². The fourth-order valence-corrected chi connectivity index (χ4v) is 7.74. The van der Waals surface area contributed by atoms with Crippen LogP contribution in [0, 0.1) is 17.3 Å². The number of amides is 1. The standard InChI is InChI=1S/C25H37NO4S/c1-16(2)31(29,30)15-17-9-10-18(13-17)23(28)26-12-11-25(5)20-7-6-8-21(27)19(20)14-22(26)24(25,3)4/h6-8,16-18,22,27H,9-15H2,1-5H3/t17?,18-,22+,25+/m1/s1. The molecule has 1 N–H and O–H groups in total. The SMILES string of the molecule is CC(C)S(=O)(=O)CC1CC[C@@H](C(=O)N2CC[C@@]3(C)c4cccc(O)c4C[C@H]2C3(C)C)C1. The molecule has 2 bridgehead atoms. The summed E-state index contributed by atoms with van der Waals surface area (Å²) in [6, 6.07) is 5.86. The lowest BCUT2D eigenvalue weighted by Gasteiger charge is -2.61. The molecule has 172 valence electrons. The zero-order valence-electron chi connectivity index (χ0n) is 19.5. The number of piperidine rings is 1. The van der Waals surface area contributed by atoms with Crippen LogP contribution in [0.5, 0.6) is 5.75 Å². The summed E-state index contributed by atoms with van der Waals surface area (Å²) in [6.45, 7) is 11.0. The highest BCUT2D eigenvalue weighted by atomic mass is 32.2. The summed E-state index contributed by atoms with van der Waals surface area (Å²) in [6.07, 6.45) is 3.81. The Kier molecular flexibility index (Phi) is 5.47. The number of benzene rings is 1. The maximum atomic E-state index is 13.6. The van der Waals surface area contributed by atoms with Gasteiger partial charge in [-0.05, 0) is 74.5 Å². The Morgan fingerprint density at radius 2 is 1.94 bits per heavy atom. The molecule has 1 heterocycles. The maximum Gasteiger partial charge on any atom is 0.225 e. The third-order valence-corrected chi connectivity index (χ3v) is 11.4. The van der Waals surface area contributed by atoms with Crippen LogP contribution >= 0.6 is 0 Å². The molecule has 4 atom stereocenters. The Morgan fingerprint density at radius 1 is 1.23 bits per heavy atom. The molecular weight excluding hydrogens is 410 g/mol. The summed E-state index contributed by atoms with van der Waals surface area (Å²) < 4.78 is 24.7. The lowest BCUT2D eigenvalue weighted by atomic mass is 9.51. The fourth-order valence-electron chi connectivity index (χ4n) is 6.40. The van der Waals surface area contributed by atoms with Gasteiger partial charge in [-0.15, -0.1) is 0 Å². The minimum atomic E-state index is -3.09. The molecule has 1 aliphatic heterocycles. The van der Waals surface area contributed by atoms with Crippen LogP contribution in [-0.2, 0) is 26.5 Å². The minimum absolute atomic E-state index is 0.0398. The number of rotatable bonds is 4. The second-order valence-electron chi connectivity index (χ2n) is 11.1. The summed E-state index contributed by atoms with van der Waals surface area (Å²) in [5.41, 5.74) is 2.00. The van der Waals surface area contributed by atoms with Gasteiger partial charge >= 0.3 is 0 Å². The topological polar surface area (TPSA) is 74.7 Å². The molecular formula is C25H37NO4S. The number of aromatic hydroxyl groups is 1. The van der Waals surface area contributed by atoms with E-state index in [1.165, 1.54) is 5.56 Å². The van der Waals surface area contributed by atoms with E-state index in [1.54, 1.807) is 19.9 Å². The first-order valence-electron chi connectivity index (χ1n) is 11.7. The molecule has 0 radical (unpaired) electrons. The molecule has 6 heteroatoms. The van der Waals surface area contributed by atoms with E-state index in [0.29, 0.717) is 18.6 Å². The third kappa shape index (κ3) is 3.49. The van der Waals surface area contributed by atoms with Gasteiger partial charge in [-0.3, -0.25) is 4.79 Å². The Hall–Kier alpha value is -1.56. The van der Waals surface area contributed by atoms with Crippen LogP contribution in [-0.4, -0.2) is 47.9 Å². The van der Waals surface area contributed by atoms with Crippen molar-refractivity contribution in [3.63, 3.8) is 0 Å². The zero-order chi connectivity index (χ0) is 22.8. The summed E-state index contributed by atoms with van der Waals surface area (Å²) in [5, 5.41) is 10.2. The number of likely N-dealkylation sites (tertiary alicyclic amines) is 1. The monoisotopic (exact) mass is 447 g/mol. The van der Waals surface area contributed by atoms with Crippen LogP contribution in [0.1, 0.15) is 71.4 Å². The van der Waals surface area contributed by atoms with Crippen molar-refractivity contribution in [2.45, 2.75) is 83.4 Å².